The van der Waals surface area contributed by atoms with Crippen LogP contribution in [0.1, 0.15) is 42.4 Å². The Kier molecular flexibility index (Phi) is 13.6. The second-order valence-corrected chi connectivity index (χ2v) is 10.5. The Balaban J connectivity index is 1.37. The van der Waals surface area contributed by atoms with Crippen LogP contribution in [0, 0.1) is 0 Å². The van der Waals surface area contributed by atoms with Gasteiger partial charge in [-0.25, -0.2) is 19.2 Å². The van der Waals surface area contributed by atoms with Crippen molar-refractivity contribution in [2.75, 3.05) is 6.54 Å². The standard InChI is InChI=1S/C34H35N5O10/c40-28-18-19-29(41)39(28)49-30(42)27(36-32(43)46-21-24-11-4-1-5-12-24)17-10-20-35-31(37-33(44)47-22-25-13-6-2-7-14-25)38-34(45)48-23-26-15-8-3-9-16-26/h1-9,11-16,27H,10,17-23H2,(H,36,43)(H2,35,37,38,44,45)/t27-/m0/s1. The molecule has 1 aliphatic heterocycles. The van der Waals surface area contributed by atoms with Gasteiger partial charge in [-0.3, -0.25) is 25.2 Å². The number of carbonyl (C=O) groups excluding carboxylic acids is 6. The molecule has 3 N–H and O–H groups in total. The molecule has 3 aromatic rings. The quantitative estimate of drug-likeness (QED) is 0.0789. The first-order valence-corrected chi connectivity index (χ1v) is 15.3. The highest BCUT2D eigenvalue weighted by atomic mass is 16.7. The Morgan fingerprint density at radius 1 is 0.653 bits per heavy atom. The topological polar surface area (TPSA) is 191 Å². The van der Waals surface area contributed by atoms with Crippen molar-refractivity contribution in [3.63, 3.8) is 0 Å². The molecule has 256 valence electrons. The van der Waals surface area contributed by atoms with Gasteiger partial charge in [0.1, 0.15) is 25.9 Å². The van der Waals surface area contributed by atoms with Crippen molar-refractivity contribution in [1.82, 2.24) is 21.0 Å². The molecular weight excluding hydrogens is 638 g/mol. The zero-order valence-corrected chi connectivity index (χ0v) is 26.4. The van der Waals surface area contributed by atoms with E-state index < -0.39 is 42.1 Å². The fraction of sp³-hybridized carbons (Fsp3) is 0.265. The molecule has 5 amide bonds. The van der Waals surface area contributed by atoms with Gasteiger partial charge in [0.25, 0.3) is 11.8 Å². The molecule has 15 heteroatoms. The molecule has 0 bridgehead atoms. The zero-order valence-electron chi connectivity index (χ0n) is 26.4. The van der Waals surface area contributed by atoms with E-state index in [4.69, 9.17) is 19.0 Å². The number of hydrogen-bond donors (Lipinski definition) is 3. The highest BCUT2D eigenvalue weighted by Crippen LogP contribution is 2.14. The van der Waals surface area contributed by atoms with E-state index in [1.807, 2.05) is 12.1 Å². The monoisotopic (exact) mass is 673 g/mol. The van der Waals surface area contributed by atoms with Crippen molar-refractivity contribution < 1.29 is 47.8 Å². The number of guanidine groups is 1. The highest BCUT2D eigenvalue weighted by Gasteiger charge is 2.35. The molecule has 1 fully saturated rings. The number of hydroxylamine groups is 2. The van der Waals surface area contributed by atoms with Crippen LogP contribution in [0.4, 0.5) is 14.4 Å². The predicted octanol–water partition coefficient (Wildman–Crippen LogP) is 3.88. The molecule has 1 saturated heterocycles. The average molecular weight is 674 g/mol. The number of aliphatic imine (C=N–C) groups is 1. The Hall–Kier alpha value is -6.25. The highest BCUT2D eigenvalue weighted by molar-refractivity contribution is 6.02. The Morgan fingerprint density at radius 2 is 1.08 bits per heavy atom. The van der Waals surface area contributed by atoms with Gasteiger partial charge < -0.3 is 24.4 Å². The van der Waals surface area contributed by atoms with Crippen LogP contribution in [0.2, 0.25) is 0 Å². The number of nitrogens with zero attached hydrogens (tertiary/aromatic N) is 2. The van der Waals surface area contributed by atoms with Gasteiger partial charge in [-0.15, -0.1) is 5.06 Å². The molecule has 49 heavy (non-hydrogen) atoms. The average Bonchev–Trinajstić information content (AvgIpc) is 3.43. The number of nitrogens with one attached hydrogen (secondary N) is 3. The predicted molar refractivity (Wildman–Crippen MR) is 172 cm³/mol. The van der Waals surface area contributed by atoms with Crippen LogP contribution in [0.3, 0.4) is 0 Å². The first-order valence-electron chi connectivity index (χ1n) is 15.3. The molecule has 0 spiro atoms. The molecule has 1 heterocycles. The lowest BCUT2D eigenvalue weighted by atomic mass is 10.1. The van der Waals surface area contributed by atoms with E-state index in [0.717, 1.165) is 11.1 Å². The van der Waals surface area contributed by atoms with Gasteiger partial charge in [-0.2, -0.15) is 0 Å². The van der Waals surface area contributed by atoms with E-state index in [2.05, 4.69) is 20.9 Å². The van der Waals surface area contributed by atoms with E-state index in [1.54, 1.807) is 78.9 Å². The van der Waals surface area contributed by atoms with Crippen LogP contribution in [0.5, 0.6) is 0 Å². The first-order chi connectivity index (χ1) is 23.8. The minimum Gasteiger partial charge on any atom is -0.445 e. The summed E-state index contributed by atoms with van der Waals surface area (Å²) in [4.78, 5) is 83.8. The number of imide groups is 1. The van der Waals surface area contributed by atoms with Crippen molar-refractivity contribution in [2.45, 2.75) is 51.5 Å². The van der Waals surface area contributed by atoms with Crippen LogP contribution in [0.15, 0.2) is 96.0 Å². The Labute approximate surface area is 281 Å². The van der Waals surface area contributed by atoms with Gasteiger partial charge in [0.05, 0.1) is 0 Å². The molecule has 1 atom stereocenters. The number of ether oxygens (including phenoxy) is 3. The molecule has 4 rings (SSSR count). The van der Waals surface area contributed by atoms with E-state index in [-0.39, 0.29) is 58.0 Å². The van der Waals surface area contributed by atoms with Crippen molar-refractivity contribution in [3.8, 4) is 0 Å². The third-order valence-corrected chi connectivity index (χ3v) is 6.76. The smallest absolute Gasteiger partial charge is 0.414 e. The molecule has 0 unspecified atom stereocenters. The van der Waals surface area contributed by atoms with Crippen molar-refractivity contribution in [2.24, 2.45) is 4.99 Å². The summed E-state index contributed by atoms with van der Waals surface area (Å²) < 4.78 is 15.6. The maximum Gasteiger partial charge on any atom is 0.414 e. The molecule has 0 radical (unpaired) electrons. The van der Waals surface area contributed by atoms with Gasteiger partial charge in [0.2, 0.25) is 5.96 Å². The molecule has 15 nitrogen and oxygen atoms in total. The summed E-state index contributed by atoms with van der Waals surface area (Å²) in [5.41, 5.74) is 2.17. The molecule has 0 saturated carbocycles. The van der Waals surface area contributed by atoms with Crippen LogP contribution in [-0.4, -0.2) is 59.7 Å². The number of rotatable bonds is 13. The second-order valence-electron chi connectivity index (χ2n) is 10.5. The largest absolute Gasteiger partial charge is 0.445 e. The van der Waals surface area contributed by atoms with Gasteiger partial charge in [0.15, 0.2) is 0 Å². The molecule has 3 aromatic carbocycles. The van der Waals surface area contributed by atoms with Crippen LogP contribution in [0.25, 0.3) is 0 Å². The summed E-state index contributed by atoms with van der Waals surface area (Å²) in [5, 5.41) is 7.50. The summed E-state index contributed by atoms with van der Waals surface area (Å²) >= 11 is 0. The minimum absolute atomic E-state index is 0.0454. The number of carbonyl (C=O) groups is 6. The third kappa shape index (κ3) is 12.5. The van der Waals surface area contributed by atoms with Crippen LogP contribution >= 0.6 is 0 Å². The second kappa shape index (κ2) is 18.8. The van der Waals surface area contributed by atoms with E-state index in [0.29, 0.717) is 10.6 Å². The normalized spacial score (nSPS) is 12.7. The lowest BCUT2D eigenvalue weighted by Gasteiger charge is -2.20. The van der Waals surface area contributed by atoms with Crippen molar-refractivity contribution in [1.29, 1.82) is 0 Å². The first kappa shape index (κ1) is 35.6. The summed E-state index contributed by atoms with van der Waals surface area (Å²) in [6.07, 6.45) is -2.98. The summed E-state index contributed by atoms with van der Waals surface area (Å²) in [5.74, 6) is -2.74. The van der Waals surface area contributed by atoms with Gasteiger partial charge in [0, 0.05) is 19.4 Å². The van der Waals surface area contributed by atoms with Crippen LogP contribution in [-0.2, 0) is 53.3 Å². The van der Waals surface area contributed by atoms with Gasteiger partial charge >= 0.3 is 24.2 Å². The molecule has 0 aliphatic carbocycles. The fourth-order valence-electron chi connectivity index (χ4n) is 4.28. The molecule has 1 aliphatic rings. The SMILES string of the molecule is O=C(NC(=NCCC[C@H](NC(=O)OCc1ccccc1)C(=O)ON1C(=O)CCC1=O)NC(=O)OCc1ccccc1)OCc1ccccc1. The summed E-state index contributed by atoms with van der Waals surface area (Å²) in [6, 6.07) is 25.3. The number of amides is 5. The Morgan fingerprint density at radius 3 is 1.53 bits per heavy atom. The maximum atomic E-state index is 13.0. The van der Waals surface area contributed by atoms with Gasteiger partial charge in [-0.05, 0) is 29.5 Å². The lowest BCUT2D eigenvalue weighted by Crippen LogP contribution is -2.46. The van der Waals surface area contributed by atoms with Crippen molar-refractivity contribution >= 4 is 42.0 Å². The van der Waals surface area contributed by atoms with Crippen molar-refractivity contribution in [3.05, 3.63) is 108 Å². The van der Waals surface area contributed by atoms with Gasteiger partial charge in [-0.1, -0.05) is 91.0 Å². The minimum atomic E-state index is -1.35. The number of benzene rings is 3. The number of hydrogen-bond acceptors (Lipinski definition) is 11. The Bertz CT molecular complexity index is 1540. The van der Waals surface area contributed by atoms with E-state index in [1.165, 1.54) is 0 Å². The molecular formula is C34H35N5O10. The number of alkyl carbamates (subject to hydrolysis) is 3. The third-order valence-electron chi connectivity index (χ3n) is 6.76. The van der Waals surface area contributed by atoms with E-state index >= 15 is 0 Å². The van der Waals surface area contributed by atoms with E-state index in [9.17, 15) is 28.8 Å². The lowest BCUT2D eigenvalue weighted by molar-refractivity contribution is -0.199. The fourth-order valence-corrected chi connectivity index (χ4v) is 4.28. The summed E-state index contributed by atoms with van der Waals surface area (Å²) in [6.45, 7) is -0.255. The maximum absolute atomic E-state index is 13.0. The molecule has 0 aromatic heterocycles. The zero-order chi connectivity index (χ0) is 34.8. The van der Waals surface area contributed by atoms with Crippen LogP contribution < -0.4 is 16.0 Å². The summed E-state index contributed by atoms with van der Waals surface area (Å²) in [7, 11) is 0.